The lowest BCUT2D eigenvalue weighted by Gasteiger charge is -2.31. The largest absolute Gasteiger partial charge is 0.340 e. The molecule has 1 amide bonds. The highest BCUT2D eigenvalue weighted by atomic mass is 16.5. The smallest absolute Gasteiger partial charge is 0.257 e. The molecule has 26 heavy (non-hydrogen) atoms. The third-order valence-corrected chi connectivity index (χ3v) is 4.68. The predicted molar refractivity (Wildman–Crippen MR) is 94.7 cm³/mol. The van der Waals surface area contributed by atoms with Crippen molar-refractivity contribution in [2.45, 2.75) is 32.2 Å². The van der Waals surface area contributed by atoms with Gasteiger partial charge in [0, 0.05) is 32.1 Å². The quantitative estimate of drug-likeness (QED) is 0.722. The fourth-order valence-corrected chi connectivity index (χ4v) is 3.37. The number of carbonyl (C=O) groups excluding carboxylic acids is 1. The summed E-state index contributed by atoms with van der Waals surface area (Å²) in [4.78, 5) is 19.0. The summed E-state index contributed by atoms with van der Waals surface area (Å²) in [6.45, 7) is 3.79. The molecular formula is C19H21N5O2. The summed E-state index contributed by atoms with van der Waals surface area (Å²) >= 11 is 0. The number of aryl methyl sites for hydroxylation is 1. The van der Waals surface area contributed by atoms with Gasteiger partial charge < -0.3 is 9.42 Å². The molecule has 3 aromatic rings. The first-order valence-corrected chi connectivity index (χ1v) is 8.85. The third-order valence-electron chi connectivity index (χ3n) is 4.68. The zero-order valence-electron chi connectivity index (χ0n) is 14.7. The Labute approximate surface area is 151 Å². The van der Waals surface area contributed by atoms with Crippen molar-refractivity contribution in [3.8, 4) is 0 Å². The second-order valence-corrected chi connectivity index (χ2v) is 6.67. The van der Waals surface area contributed by atoms with E-state index >= 15 is 0 Å². The SMILES string of the molecule is Cc1nc(C2CCCN(C(=O)c3cnn(Cc4ccccc4)c3)C2)no1. The first kappa shape index (κ1) is 16.5. The molecular weight excluding hydrogens is 330 g/mol. The van der Waals surface area contributed by atoms with Crippen LogP contribution in [0.2, 0.25) is 0 Å². The number of carbonyl (C=O) groups is 1. The Morgan fingerprint density at radius 1 is 1.31 bits per heavy atom. The van der Waals surface area contributed by atoms with Gasteiger partial charge in [-0.25, -0.2) is 0 Å². The molecule has 0 radical (unpaired) electrons. The summed E-state index contributed by atoms with van der Waals surface area (Å²) < 4.78 is 6.88. The normalized spacial score (nSPS) is 17.4. The van der Waals surface area contributed by atoms with Gasteiger partial charge in [0.15, 0.2) is 5.82 Å². The van der Waals surface area contributed by atoms with Crippen LogP contribution >= 0.6 is 0 Å². The average molecular weight is 351 g/mol. The van der Waals surface area contributed by atoms with E-state index in [0.29, 0.717) is 30.4 Å². The molecule has 7 nitrogen and oxygen atoms in total. The average Bonchev–Trinajstić information content (AvgIpc) is 3.31. The molecule has 1 fully saturated rings. The van der Waals surface area contributed by atoms with Crippen molar-refractivity contribution in [1.82, 2.24) is 24.8 Å². The molecule has 0 spiro atoms. The van der Waals surface area contributed by atoms with E-state index in [4.69, 9.17) is 4.52 Å². The monoisotopic (exact) mass is 351 g/mol. The van der Waals surface area contributed by atoms with E-state index in [-0.39, 0.29) is 11.8 Å². The van der Waals surface area contributed by atoms with Crippen molar-refractivity contribution >= 4 is 5.91 Å². The number of hydrogen-bond acceptors (Lipinski definition) is 5. The zero-order valence-corrected chi connectivity index (χ0v) is 14.7. The Balaban J connectivity index is 1.44. The van der Waals surface area contributed by atoms with Crippen LogP contribution in [0.3, 0.4) is 0 Å². The van der Waals surface area contributed by atoms with E-state index in [2.05, 4.69) is 15.2 Å². The van der Waals surface area contributed by atoms with E-state index in [9.17, 15) is 4.79 Å². The molecule has 1 atom stereocenters. The standard InChI is InChI=1S/C19H21N5O2/c1-14-21-18(22-26-14)16-8-5-9-23(12-16)19(25)17-10-20-24(13-17)11-15-6-3-2-4-7-15/h2-4,6-7,10,13,16H,5,8-9,11-12H2,1H3. The zero-order chi connectivity index (χ0) is 17.9. The van der Waals surface area contributed by atoms with Crippen LogP contribution in [-0.4, -0.2) is 43.8 Å². The number of aromatic nitrogens is 4. The van der Waals surface area contributed by atoms with E-state index in [1.165, 1.54) is 0 Å². The van der Waals surface area contributed by atoms with Gasteiger partial charge in [-0.15, -0.1) is 0 Å². The Hall–Kier alpha value is -2.96. The number of benzene rings is 1. The Morgan fingerprint density at radius 2 is 2.15 bits per heavy atom. The molecule has 0 N–H and O–H groups in total. The molecule has 1 saturated heterocycles. The van der Waals surface area contributed by atoms with Gasteiger partial charge in [-0.3, -0.25) is 9.48 Å². The summed E-state index contributed by atoms with van der Waals surface area (Å²) in [7, 11) is 0. The molecule has 7 heteroatoms. The highest BCUT2D eigenvalue weighted by Gasteiger charge is 2.28. The van der Waals surface area contributed by atoms with Crippen LogP contribution in [0.25, 0.3) is 0 Å². The Kier molecular flexibility index (Phi) is 4.51. The lowest BCUT2D eigenvalue weighted by molar-refractivity contribution is 0.0703. The number of nitrogens with zero attached hydrogens (tertiary/aromatic N) is 5. The number of amides is 1. The van der Waals surface area contributed by atoms with Crippen LogP contribution in [0, 0.1) is 6.92 Å². The summed E-state index contributed by atoms with van der Waals surface area (Å²) in [5, 5.41) is 8.35. The van der Waals surface area contributed by atoms with Gasteiger partial charge in [-0.05, 0) is 18.4 Å². The molecule has 0 aliphatic carbocycles. The van der Waals surface area contributed by atoms with Gasteiger partial charge in [-0.2, -0.15) is 10.1 Å². The summed E-state index contributed by atoms with van der Waals surface area (Å²) in [6, 6.07) is 10.1. The molecule has 2 aromatic heterocycles. The molecule has 1 aliphatic heterocycles. The van der Waals surface area contributed by atoms with Crippen molar-refractivity contribution in [1.29, 1.82) is 0 Å². The maximum Gasteiger partial charge on any atom is 0.257 e. The fourth-order valence-electron chi connectivity index (χ4n) is 3.37. The second-order valence-electron chi connectivity index (χ2n) is 6.67. The highest BCUT2D eigenvalue weighted by molar-refractivity contribution is 5.93. The lowest BCUT2D eigenvalue weighted by Crippen LogP contribution is -2.39. The first-order valence-electron chi connectivity index (χ1n) is 8.85. The van der Waals surface area contributed by atoms with Crippen LogP contribution in [0.1, 0.15) is 46.4 Å². The van der Waals surface area contributed by atoms with E-state index in [1.807, 2.05) is 41.4 Å². The number of rotatable bonds is 4. The lowest BCUT2D eigenvalue weighted by atomic mass is 9.97. The van der Waals surface area contributed by atoms with Gasteiger partial charge in [0.25, 0.3) is 5.91 Å². The molecule has 1 aromatic carbocycles. The van der Waals surface area contributed by atoms with Crippen LogP contribution in [-0.2, 0) is 6.54 Å². The Morgan fingerprint density at radius 3 is 2.92 bits per heavy atom. The maximum atomic E-state index is 12.9. The maximum absolute atomic E-state index is 12.9. The Bertz CT molecular complexity index is 886. The number of likely N-dealkylation sites (tertiary alicyclic amines) is 1. The van der Waals surface area contributed by atoms with E-state index in [0.717, 1.165) is 24.9 Å². The molecule has 4 rings (SSSR count). The van der Waals surface area contributed by atoms with Crippen LogP contribution in [0.15, 0.2) is 47.2 Å². The van der Waals surface area contributed by atoms with Gasteiger partial charge in [0.2, 0.25) is 5.89 Å². The number of hydrogen-bond donors (Lipinski definition) is 0. The molecule has 0 bridgehead atoms. The van der Waals surface area contributed by atoms with E-state index < -0.39 is 0 Å². The molecule has 0 saturated carbocycles. The minimum absolute atomic E-state index is 0.00854. The topological polar surface area (TPSA) is 77.1 Å². The van der Waals surface area contributed by atoms with Gasteiger partial charge in [0.05, 0.1) is 18.3 Å². The first-order chi connectivity index (χ1) is 12.7. The van der Waals surface area contributed by atoms with Gasteiger partial charge >= 0.3 is 0 Å². The van der Waals surface area contributed by atoms with Gasteiger partial charge in [-0.1, -0.05) is 35.5 Å². The minimum atomic E-state index is 0.00854. The predicted octanol–water partition coefficient (Wildman–Crippen LogP) is 2.64. The molecule has 1 aliphatic rings. The van der Waals surface area contributed by atoms with E-state index in [1.54, 1.807) is 17.8 Å². The number of piperidine rings is 1. The van der Waals surface area contributed by atoms with Crippen molar-refractivity contribution in [3.63, 3.8) is 0 Å². The van der Waals surface area contributed by atoms with Crippen molar-refractivity contribution in [2.75, 3.05) is 13.1 Å². The summed E-state index contributed by atoms with van der Waals surface area (Å²) in [6.07, 6.45) is 5.36. The molecule has 134 valence electrons. The molecule has 1 unspecified atom stereocenters. The second kappa shape index (κ2) is 7.11. The van der Waals surface area contributed by atoms with Crippen LogP contribution < -0.4 is 0 Å². The van der Waals surface area contributed by atoms with Crippen molar-refractivity contribution in [3.05, 3.63) is 65.6 Å². The van der Waals surface area contributed by atoms with Crippen molar-refractivity contribution < 1.29 is 9.32 Å². The van der Waals surface area contributed by atoms with Crippen LogP contribution in [0.5, 0.6) is 0 Å². The van der Waals surface area contributed by atoms with Crippen LogP contribution in [0.4, 0.5) is 0 Å². The highest BCUT2D eigenvalue weighted by Crippen LogP contribution is 2.25. The van der Waals surface area contributed by atoms with Gasteiger partial charge in [0.1, 0.15) is 0 Å². The summed E-state index contributed by atoms with van der Waals surface area (Å²) in [5.74, 6) is 1.39. The third kappa shape index (κ3) is 3.51. The summed E-state index contributed by atoms with van der Waals surface area (Å²) in [5.41, 5.74) is 1.77. The van der Waals surface area contributed by atoms with Crippen molar-refractivity contribution in [2.24, 2.45) is 0 Å². The molecule has 3 heterocycles. The fraction of sp³-hybridized carbons (Fsp3) is 0.368. The minimum Gasteiger partial charge on any atom is -0.340 e.